The van der Waals surface area contributed by atoms with Gasteiger partial charge in [0, 0.05) is 24.7 Å². The lowest BCUT2D eigenvalue weighted by Gasteiger charge is -2.48. The van der Waals surface area contributed by atoms with E-state index in [1.54, 1.807) is 0 Å². The van der Waals surface area contributed by atoms with Crippen LogP contribution >= 0.6 is 0 Å². The maximum Gasteiger partial charge on any atom is 0.237 e. The lowest BCUT2D eigenvalue weighted by molar-refractivity contribution is -0.136. The Bertz CT molecular complexity index is 317. The molecule has 110 valence electrons. The zero-order valence-electron chi connectivity index (χ0n) is 12.5. The molecule has 4 heteroatoms. The molecule has 2 N–H and O–H groups in total. The van der Waals surface area contributed by atoms with Crippen molar-refractivity contribution in [3.63, 3.8) is 0 Å². The quantitative estimate of drug-likeness (QED) is 0.816. The first-order chi connectivity index (χ1) is 8.91. The standard InChI is InChI=1S/C15H28N2O2/c1-15(2,3)17-9-8-13(17)14(19)16-12-6-4-11(10-18)5-7-12/h11-13,18H,4-10H2,1-3H3,(H,16,19)/t11?,12?,13-/m0/s1. The van der Waals surface area contributed by atoms with E-state index in [0.717, 1.165) is 38.6 Å². The fraction of sp³-hybridized carbons (Fsp3) is 0.933. The van der Waals surface area contributed by atoms with Crippen molar-refractivity contribution in [1.29, 1.82) is 0 Å². The number of nitrogens with one attached hydrogen (secondary N) is 1. The number of aliphatic hydroxyl groups excluding tert-OH is 1. The number of carbonyl (C=O) groups excluding carboxylic acids is 1. The first kappa shape index (κ1) is 14.8. The highest BCUT2D eigenvalue weighted by Crippen LogP contribution is 2.28. The van der Waals surface area contributed by atoms with Gasteiger partial charge in [0.15, 0.2) is 0 Å². The minimum atomic E-state index is 0.0653. The van der Waals surface area contributed by atoms with Crippen LogP contribution in [-0.4, -0.2) is 46.7 Å². The molecule has 1 aliphatic carbocycles. The molecule has 0 spiro atoms. The van der Waals surface area contributed by atoms with E-state index in [9.17, 15) is 4.79 Å². The van der Waals surface area contributed by atoms with Gasteiger partial charge in [0.1, 0.15) is 0 Å². The molecule has 2 aliphatic rings. The van der Waals surface area contributed by atoms with Crippen molar-refractivity contribution in [3.8, 4) is 0 Å². The average molecular weight is 268 g/mol. The third-order valence-electron chi connectivity index (χ3n) is 4.64. The highest BCUT2D eigenvalue weighted by Gasteiger charge is 2.41. The van der Waals surface area contributed by atoms with Crippen molar-refractivity contribution in [3.05, 3.63) is 0 Å². The molecule has 0 aromatic carbocycles. The maximum absolute atomic E-state index is 12.3. The lowest BCUT2D eigenvalue weighted by Crippen LogP contribution is -2.63. The molecule has 2 rings (SSSR count). The number of rotatable bonds is 3. The zero-order valence-corrected chi connectivity index (χ0v) is 12.5. The zero-order chi connectivity index (χ0) is 14.0. The van der Waals surface area contributed by atoms with Crippen LogP contribution in [0.1, 0.15) is 52.9 Å². The number of amides is 1. The third kappa shape index (κ3) is 3.48. The predicted octanol–water partition coefficient (Wildman–Crippen LogP) is 1.53. The summed E-state index contributed by atoms with van der Waals surface area (Å²) in [6, 6.07) is 0.383. The molecule has 1 saturated carbocycles. The van der Waals surface area contributed by atoms with E-state index in [2.05, 4.69) is 31.0 Å². The van der Waals surface area contributed by atoms with Crippen LogP contribution < -0.4 is 5.32 Å². The van der Waals surface area contributed by atoms with E-state index in [0.29, 0.717) is 18.6 Å². The maximum atomic E-state index is 12.3. The number of likely N-dealkylation sites (tertiary alicyclic amines) is 1. The van der Waals surface area contributed by atoms with E-state index in [-0.39, 0.29) is 17.5 Å². The van der Waals surface area contributed by atoms with Gasteiger partial charge >= 0.3 is 0 Å². The van der Waals surface area contributed by atoms with Crippen molar-refractivity contribution in [2.24, 2.45) is 5.92 Å². The minimum Gasteiger partial charge on any atom is -0.396 e. The van der Waals surface area contributed by atoms with E-state index in [1.165, 1.54) is 0 Å². The van der Waals surface area contributed by atoms with Crippen molar-refractivity contribution >= 4 is 5.91 Å². The Labute approximate surface area is 116 Å². The summed E-state index contributed by atoms with van der Waals surface area (Å²) in [6.45, 7) is 7.82. The topological polar surface area (TPSA) is 52.6 Å². The monoisotopic (exact) mass is 268 g/mol. The van der Waals surface area contributed by atoms with Crippen molar-refractivity contribution in [2.45, 2.75) is 70.5 Å². The summed E-state index contributed by atoms with van der Waals surface area (Å²) in [5.74, 6) is 0.650. The van der Waals surface area contributed by atoms with Crippen molar-refractivity contribution in [2.75, 3.05) is 13.2 Å². The van der Waals surface area contributed by atoms with E-state index in [4.69, 9.17) is 5.11 Å². The molecule has 1 aliphatic heterocycles. The van der Waals surface area contributed by atoms with Crippen molar-refractivity contribution in [1.82, 2.24) is 10.2 Å². The molecule has 1 saturated heterocycles. The first-order valence-electron chi connectivity index (χ1n) is 7.60. The minimum absolute atomic E-state index is 0.0653. The second-order valence-electron chi connectivity index (χ2n) is 7.08. The van der Waals surface area contributed by atoms with Crippen LogP contribution in [0.25, 0.3) is 0 Å². The van der Waals surface area contributed by atoms with Crippen LogP contribution in [0.4, 0.5) is 0 Å². The van der Waals surface area contributed by atoms with E-state index in [1.807, 2.05) is 0 Å². The first-order valence-corrected chi connectivity index (χ1v) is 7.60. The molecule has 1 amide bonds. The fourth-order valence-electron chi connectivity index (χ4n) is 3.25. The highest BCUT2D eigenvalue weighted by molar-refractivity contribution is 5.83. The number of aliphatic hydroxyl groups is 1. The molecular weight excluding hydrogens is 240 g/mol. The van der Waals surface area contributed by atoms with Gasteiger partial charge < -0.3 is 10.4 Å². The van der Waals surface area contributed by atoms with Gasteiger partial charge in [0.05, 0.1) is 6.04 Å². The number of nitrogens with zero attached hydrogens (tertiary/aromatic N) is 1. The smallest absolute Gasteiger partial charge is 0.237 e. The summed E-state index contributed by atoms with van der Waals surface area (Å²) >= 11 is 0. The van der Waals surface area contributed by atoms with Gasteiger partial charge in [0.2, 0.25) is 5.91 Å². The summed E-state index contributed by atoms with van der Waals surface area (Å²) in [7, 11) is 0. The highest BCUT2D eigenvalue weighted by atomic mass is 16.3. The number of carbonyl (C=O) groups is 1. The van der Waals surface area contributed by atoms with Crippen molar-refractivity contribution < 1.29 is 9.90 Å². The summed E-state index contributed by atoms with van der Waals surface area (Å²) in [4.78, 5) is 14.6. The van der Waals surface area contributed by atoms with E-state index < -0.39 is 0 Å². The summed E-state index contributed by atoms with van der Waals surface area (Å²) in [6.07, 6.45) is 5.08. The molecule has 19 heavy (non-hydrogen) atoms. The van der Waals surface area contributed by atoms with Gasteiger partial charge in [-0.3, -0.25) is 9.69 Å². The van der Waals surface area contributed by atoms with Crippen LogP contribution in [0, 0.1) is 5.92 Å². The van der Waals surface area contributed by atoms with Crippen LogP contribution in [0.15, 0.2) is 0 Å². The Balaban J connectivity index is 1.79. The van der Waals surface area contributed by atoms with E-state index >= 15 is 0 Å². The molecular formula is C15H28N2O2. The molecule has 0 unspecified atom stereocenters. The molecule has 0 aromatic rings. The number of hydrogen-bond acceptors (Lipinski definition) is 3. The lowest BCUT2D eigenvalue weighted by atomic mass is 9.86. The van der Waals surface area contributed by atoms with Gasteiger partial charge in [0.25, 0.3) is 0 Å². The Hall–Kier alpha value is -0.610. The van der Waals surface area contributed by atoms with Gasteiger partial charge in [-0.05, 0) is 58.8 Å². The van der Waals surface area contributed by atoms with Crippen LogP contribution in [0.3, 0.4) is 0 Å². The molecule has 0 radical (unpaired) electrons. The predicted molar refractivity (Wildman–Crippen MR) is 75.8 cm³/mol. The van der Waals surface area contributed by atoms with Gasteiger partial charge in [-0.15, -0.1) is 0 Å². The summed E-state index contributed by atoms with van der Waals surface area (Å²) < 4.78 is 0. The van der Waals surface area contributed by atoms with Crippen LogP contribution in [0.2, 0.25) is 0 Å². The van der Waals surface area contributed by atoms with Crippen LogP contribution in [-0.2, 0) is 4.79 Å². The summed E-state index contributed by atoms with van der Waals surface area (Å²) in [5, 5.41) is 12.3. The molecule has 0 aromatic heterocycles. The Morgan fingerprint density at radius 3 is 2.26 bits per heavy atom. The largest absolute Gasteiger partial charge is 0.396 e. The average Bonchev–Trinajstić information content (AvgIpc) is 2.26. The molecule has 1 heterocycles. The molecule has 4 nitrogen and oxygen atoms in total. The Kier molecular flexibility index (Phi) is 4.51. The van der Waals surface area contributed by atoms with Gasteiger partial charge in [-0.1, -0.05) is 0 Å². The Morgan fingerprint density at radius 2 is 1.84 bits per heavy atom. The third-order valence-corrected chi connectivity index (χ3v) is 4.64. The summed E-state index contributed by atoms with van der Waals surface area (Å²) in [5.41, 5.74) is 0.0782. The second kappa shape index (κ2) is 5.80. The van der Waals surface area contributed by atoms with Gasteiger partial charge in [-0.2, -0.15) is 0 Å². The molecule has 0 bridgehead atoms. The Morgan fingerprint density at radius 1 is 1.21 bits per heavy atom. The second-order valence-corrected chi connectivity index (χ2v) is 7.08. The SMILES string of the molecule is CC(C)(C)N1CC[C@H]1C(=O)NC1CCC(CO)CC1. The number of hydrogen-bond donors (Lipinski definition) is 2. The van der Waals surface area contributed by atoms with Crippen LogP contribution in [0.5, 0.6) is 0 Å². The fourth-order valence-corrected chi connectivity index (χ4v) is 3.25. The molecule has 1 atom stereocenters. The molecule has 2 fully saturated rings. The normalized spacial score (nSPS) is 32.7. The van der Waals surface area contributed by atoms with Gasteiger partial charge in [-0.25, -0.2) is 0 Å².